The van der Waals surface area contributed by atoms with Gasteiger partial charge in [-0.2, -0.15) is 0 Å². The van der Waals surface area contributed by atoms with E-state index in [1.54, 1.807) is 17.0 Å². The summed E-state index contributed by atoms with van der Waals surface area (Å²) in [6.45, 7) is 12.8. The molecule has 1 atom stereocenters. The van der Waals surface area contributed by atoms with Gasteiger partial charge in [0.25, 0.3) is 11.8 Å². The molecule has 0 saturated carbocycles. The van der Waals surface area contributed by atoms with E-state index in [9.17, 15) is 4.79 Å². The van der Waals surface area contributed by atoms with Crippen molar-refractivity contribution in [3.63, 3.8) is 0 Å². The molecule has 3 aromatic heterocycles. The molecule has 9 nitrogen and oxygen atoms in total. The lowest BCUT2D eigenvalue weighted by molar-refractivity contribution is 0.0956. The van der Waals surface area contributed by atoms with Crippen molar-refractivity contribution in [1.29, 1.82) is 0 Å². The quantitative estimate of drug-likeness (QED) is 0.158. The molecule has 0 radical (unpaired) electrons. The molecule has 0 fully saturated rings. The number of hydrogen-bond acceptors (Lipinski definition) is 5. The summed E-state index contributed by atoms with van der Waals surface area (Å²) < 4.78 is 10.2. The number of carbonyl (C=O) groups is 2. The van der Waals surface area contributed by atoms with Crippen molar-refractivity contribution >= 4 is 62.5 Å². The van der Waals surface area contributed by atoms with Gasteiger partial charge in [-0.15, -0.1) is 0 Å². The van der Waals surface area contributed by atoms with Crippen molar-refractivity contribution in [2.75, 3.05) is 18.1 Å². The van der Waals surface area contributed by atoms with Crippen molar-refractivity contribution in [2.24, 2.45) is 12.8 Å². The molecule has 0 unspecified atom stereocenters. The van der Waals surface area contributed by atoms with Gasteiger partial charge in [0.2, 0.25) is 0 Å². The number of hydrogen-bond donors (Lipinski definition) is 1. The zero-order valence-corrected chi connectivity index (χ0v) is 31.3. The van der Waals surface area contributed by atoms with E-state index in [-0.39, 0.29) is 11.9 Å². The minimum atomic E-state index is -0.524. The molecule has 1 aliphatic rings. The summed E-state index contributed by atoms with van der Waals surface area (Å²) in [4.78, 5) is 38.3. The van der Waals surface area contributed by atoms with Crippen molar-refractivity contribution in [3.8, 4) is 16.9 Å². The standard InChI is InChI=1S/C40H40Cl2N6O3/c1-20-13-26-17-32(39(43)49)46(7)36(26)31(14-20)47-18-23(4)48-37-29(10-11-30(41)34(37)33-24(5)44-19-45-25(33)6)28(38(48)40(47)50)9-8-12-51-27-15-21(2)35(42)22(3)16-27/h10-11,13-17,19,23H,8-9,12,18H2,1-7H3,(H2,43,49)/t23-/m1/s1. The van der Waals surface area contributed by atoms with Crippen LogP contribution in [0.1, 0.15) is 74.0 Å². The molecular formula is C40H40Cl2N6O3. The maximum Gasteiger partial charge on any atom is 0.275 e. The maximum atomic E-state index is 15.1. The Balaban J connectivity index is 1.40. The molecule has 6 aromatic rings. The van der Waals surface area contributed by atoms with E-state index in [4.69, 9.17) is 33.7 Å². The number of nitrogens with zero attached hydrogens (tertiary/aromatic N) is 5. The van der Waals surface area contributed by atoms with Crippen LogP contribution in [0.5, 0.6) is 5.75 Å². The first kappa shape index (κ1) is 34.6. The highest BCUT2D eigenvalue weighted by atomic mass is 35.5. The van der Waals surface area contributed by atoms with E-state index >= 15 is 4.79 Å². The number of fused-ring (bicyclic) bond motifs is 4. The van der Waals surface area contributed by atoms with E-state index in [1.165, 1.54) is 0 Å². The molecule has 0 bridgehead atoms. The molecule has 51 heavy (non-hydrogen) atoms. The Morgan fingerprint density at radius 1 is 0.961 bits per heavy atom. The average molecular weight is 724 g/mol. The van der Waals surface area contributed by atoms with Gasteiger partial charge in [0.1, 0.15) is 23.5 Å². The van der Waals surface area contributed by atoms with Gasteiger partial charge >= 0.3 is 0 Å². The number of rotatable bonds is 8. The van der Waals surface area contributed by atoms with Crippen LogP contribution in [0.4, 0.5) is 5.69 Å². The summed E-state index contributed by atoms with van der Waals surface area (Å²) in [7, 11) is 1.81. The first-order valence-corrected chi connectivity index (χ1v) is 17.8. The van der Waals surface area contributed by atoms with Crippen LogP contribution in [0.2, 0.25) is 10.0 Å². The minimum absolute atomic E-state index is 0.127. The summed E-state index contributed by atoms with van der Waals surface area (Å²) in [5, 5.41) is 3.11. The number of anilines is 1. The summed E-state index contributed by atoms with van der Waals surface area (Å²) in [6, 6.07) is 13.5. The highest BCUT2D eigenvalue weighted by Gasteiger charge is 2.37. The Labute approximate surface area is 306 Å². The molecule has 11 heteroatoms. The van der Waals surface area contributed by atoms with Gasteiger partial charge in [-0.05, 0) is 113 Å². The fourth-order valence-electron chi connectivity index (χ4n) is 7.83. The maximum absolute atomic E-state index is 15.1. The molecule has 1 aliphatic heterocycles. The van der Waals surface area contributed by atoms with Gasteiger partial charge in [0, 0.05) is 57.9 Å². The molecular weight excluding hydrogens is 683 g/mol. The smallest absolute Gasteiger partial charge is 0.275 e. The third-order valence-electron chi connectivity index (χ3n) is 10.1. The Morgan fingerprint density at radius 3 is 2.31 bits per heavy atom. The van der Waals surface area contributed by atoms with Crippen LogP contribution in [0.15, 0.2) is 48.8 Å². The van der Waals surface area contributed by atoms with Crippen LogP contribution < -0.4 is 15.4 Å². The van der Waals surface area contributed by atoms with Crippen molar-refractivity contribution in [3.05, 3.63) is 104 Å². The molecule has 2 amide bonds. The second kappa shape index (κ2) is 13.0. The van der Waals surface area contributed by atoms with Crippen molar-refractivity contribution in [2.45, 2.75) is 60.4 Å². The molecule has 0 spiro atoms. The Kier molecular flexibility index (Phi) is 8.84. The molecule has 7 rings (SSSR count). The largest absolute Gasteiger partial charge is 0.494 e. The first-order valence-electron chi connectivity index (χ1n) is 17.0. The van der Waals surface area contributed by atoms with E-state index in [0.717, 1.165) is 83.0 Å². The lowest BCUT2D eigenvalue weighted by Gasteiger charge is -2.35. The second-order valence-electron chi connectivity index (χ2n) is 13.7. The fraction of sp³-hybridized carbons (Fsp3) is 0.300. The zero-order chi connectivity index (χ0) is 36.5. The summed E-state index contributed by atoms with van der Waals surface area (Å²) in [5.41, 5.74) is 16.3. The van der Waals surface area contributed by atoms with Gasteiger partial charge in [0.15, 0.2) is 0 Å². The SMILES string of the molecule is Cc1cc(N2C[C@@H](C)n3c(c(CCCOc4cc(C)c(Cl)c(C)c4)c4ccc(Cl)c(-c5c(C)ncnc5C)c43)C2=O)c2c(c1)cc(C(N)=O)n2C. The first-order chi connectivity index (χ1) is 24.3. The van der Waals surface area contributed by atoms with Gasteiger partial charge < -0.3 is 24.5 Å². The van der Waals surface area contributed by atoms with E-state index in [0.29, 0.717) is 42.4 Å². The number of ether oxygens (including phenoxy) is 1. The number of benzene rings is 3. The lowest BCUT2D eigenvalue weighted by Crippen LogP contribution is -2.43. The predicted octanol–water partition coefficient (Wildman–Crippen LogP) is 8.77. The van der Waals surface area contributed by atoms with Crippen LogP contribution in [0, 0.1) is 34.6 Å². The predicted molar refractivity (Wildman–Crippen MR) is 205 cm³/mol. The second-order valence-corrected chi connectivity index (χ2v) is 14.5. The number of primary amides is 1. The number of carbonyl (C=O) groups excluding carboxylic acids is 2. The van der Waals surface area contributed by atoms with E-state index < -0.39 is 5.91 Å². The van der Waals surface area contributed by atoms with E-state index in [1.807, 2.05) is 83.0 Å². The number of halogens is 2. The molecule has 4 heterocycles. The molecule has 2 N–H and O–H groups in total. The highest BCUT2D eigenvalue weighted by molar-refractivity contribution is 6.35. The zero-order valence-electron chi connectivity index (χ0n) is 29.8. The summed E-state index contributed by atoms with van der Waals surface area (Å²) in [6.07, 6.45) is 2.80. The molecule has 262 valence electrons. The monoisotopic (exact) mass is 722 g/mol. The summed E-state index contributed by atoms with van der Waals surface area (Å²) >= 11 is 13.5. The number of aryl methyl sites for hydroxylation is 7. The number of nitrogens with two attached hydrogens (primary N) is 1. The van der Waals surface area contributed by atoms with Crippen LogP contribution in [-0.4, -0.2) is 44.1 Å². The van der Waals surface area contributed by atoms with Crippen molar-refractivity contribution < 1.29 is 14.3 Å². The third-order valence-corrected chi connectivity index (χ3v) is 11.0. The minimum Gasteiger partial charge on any atom is -0.494 e. The van der Waals surface area contributed by atoms with E-state index in [2.05, 4.69) is 21.5 Å². The van der Waals surface area contributed by atoms with Crippen LogP contribution >= 0.6 is 23.2 Å². The number of aromatic nitrogens is 4. The van der Waals surface area contributed by atoms with Crippen LogP contribution in [0.25, 0.3) is 32.9 Å². The topological polar surface area (TPSA) is 108 Å². The molecule has 3 aromatic carbocycles. The molecule has 0 aliphatic carbocycles. The van der Waals surface area contributed by atoms with Gasteiger partial charge in [-0.25, -0.2) is 9.97 Å². The molecule has 0 saturated heterocycles. The van der Waals surface area contributed by atoms with Gasteiger partial charge in [0.05, 0.1) is 28.4 Å². The van der Waals surface area contributed by atoms with Crippen LogP contribution in [-0.2, 0) is 13.5 Å². The Morgan fingerprint density at radius 2 is 1.65 bits per heavy atom. The Hall–Kier alpha value is -4.86. The highest BCUT2D eigenvalue weighted by Crippen LogP contribution is 2.45. The third kappa shape index (κ3) is 5.72. The normalized spacial score (nSPS) is 14.5. The van der Waals surface area contributed by atoms with Gasteiger partial charge in [-0.3, -0.25) is 9.59 Å². The average Bonchev–Trinajstić information content (AvgIpc) is 3.59. The summed E-state index contributed by atoms with van der Waals surface area (Å²) in [5.74, 6) is 0.112. The fourth-order valence-corrected chi connectivity index (χ4v) is 8.18. The van der Waals surface area contributed by atoms with Crippen molar-refractivity contribution in [1.82, 2.24) is 19.1 Å². The number of amides is 2. The van der Waals surface area contributed by atoms with Crippen LogP contribution in [0.3, 0.4) is 0 Å². The van der Waals surface area contributed by atoms with Gasteiger partial charge in [-0.1, -0.05) is 29.3 Å². The Bertz CT molecular complexity index is 2380. The lowest BCUT2D eigenvalue weighted by atomic mass is 9.97.